The van der Waals surface area contributed by atoms with Crippen LogP contribution in [0, 0.1) is 5.82 Å². The SMILES string of the molecule is COc1cc2c(-c3ccccc3)c3cc(OC)c(OC)cc3c(-c3ccc(F)cc3)c2cc1OC. The highest BCUT2D eigenvalue weighted by Crippen LogP contribution is 2.49. The van der Waals surface area contributed by atoms with Crippen LogP contribution in [0.5, 0.6) is 23.0 Å². The van der Waals surface area contributed by atoms with Gasteiger partial charge in [-0.1, -0.05) is 42.5 Å². The van der Waals surface area contributed by atoms with E-state index in [0.717, 1.165) is 43.8 Å². The summed E-state index contributed by atoms with van der Waals surface area (Å²) in [5.74, 6) is 2.19. The molecular weight excluding hydrogens is 443 g/mol. The largest absolute Gasteiger partial charge is 0.493 e. The first-order valence-electron chi connectivity index (χ1n) is 11.2. The van der Waals surface area contributed by atoms with Gasteiger partial charge in [-0.25, -0.2) is 4.39 Å². The third-order valence-corrected chi connectivity index (χ3v) is 6.32. The smallest absolute Gasteiger partial charge is 0.161 e. The van der Waals surface area contributed by atoms with Gasteiger partial charge >= 0.3 is 0 Å². The molecule has 0 unspecified atom stereocenters. The van der Waals surface area contributed by atoms with Crippen LogP contribution in [0.15, 0.2) is 78.9 Å². The number of fused-ring (bicyclic) bond motifs is 2. The average Bonchev–Trinajstić information content (AvgIpc) is 2.91. The van der Waals surface area contributed by atoms with Crippen molar-refractivity contribution in [1.82, 2.24) is 0 Å². The fourth-order valence-electron chi connectivity index (χ4n) is 4.72. The fourth-order valence-corrected chi connectivity index (χ4v) is 4.72. The van der Waals surface area contributed by atoms with Crippen molar-refractivity contribution in [2.45, 2.75) is 0 Å². The van der Waals surface area contributed by atoms with Gasteiger partial charge in [-0.15, -0.1) is 0 Å². The van der Waals surface area contributed by atoms with E-state index in [1.807, 2.05) is 42.5 Å². The summed E-state index contributed by atoms with van der Waals surface area (Å²) in [5.41, 5.74) is 3.90. The molecule has 0 aliphatic carbocycles. The van der Waals surface area contributed by atoms with Crippen LogP contribution in [0.4, 0.5) is 4.39 Å². The summed E-state index contributed by atoms with van der Waals surface area (Å²) in [6.07, 6.45) is 0. The lowest BCUT2D eigenvalue weighted by molar-refractivity contribution is 0.355. The first kappa shape index (κ1) is 22.5. The van der Waals surface area contributed by atoms with Gasteiger partial charge in [0.2, 0.25) is 0 Å². The van der Waals surface area contributed by atoms with Crippen LogP contribution in [0.25, 0.3) is 43.8 Å². The van der Waals surface area contributed by atoms with Gasteiger partial charge in [-0.2, -0.15) is 0 Å². The van der Waals surface area contributed by atoms with E-state index in [0.29, 0.717) is 23.0 Å². The molecule has 0 N–H and O–H groups in total. The maximum Gasteiger partial charge on any atom is 0.161 e. The van der Waals surface area contributed by atoms with Crippen molar-refractivity contribution in [2.24, 2.45) is 0 Å². The van der Waals surface area contributed by atoms with Crippen molar-refractivity contribution in [1.29, 1.82) is 0 Å². The van der Waals surface area contributed by atoms with Crippen molar-refractivity contribution in [2.75, 3.05) is 28.4 Å². The number of hydrogen-bond donors (Lipinski definition) is 0. The van der Waals surface area contributed by atoms with E-state index < -0.39 is 0 Å². The Morgan fingerprint density at radius 1 is 0.457 bits per heavy atom. The van der Waals surface area contributed by atoms with Crippen molar-refractivity contribution in [3.8, 4) is 45.3 Å². The minimum Gasteiger partial charge on any atom is -0.493 e. The first-order chi connectivity index (χ1) is 17.1. The molecule has 0 spiro atoms. The Labute approximate surface area is 203 Å². The molecule has 0 saturated heterocycles. The topological polar surface area (TPSA) is 36.9 Å². The van der Waals surface area contributed by atoms with Gasteiger partial charge in [0, 0.05) is 0 Å². The predicted molar refractivity (Wildman–Crippen MR) is 138 cm³/mol. The Balaban J connectivity index is 2.07. The van der Waals surface area contributed by atoms with Crippen LogP contribution >= 0.6 is 0 Å². The van der Waals surface area contributed by atoms with Gasteiger partial charge in [-0.05, 0) is 80.2 Å². The predicted octanol–water partition coefficient (Wildman–Crippen LogP) is 7.50. The number of methoxy groups -OCH3 is 4. The Bertz CT molecular complexity index is 1450. The molecule has 0 aromatic heterocycles. The Hall–Kier alpha value is -4.25. The standard InChI is InChI=1S/C30H25FO4/c1-32-25-14-21-23(16-27(25)34-3)30(19-10-12-20(31)13-11-19)24-17-28(35-4)26(33-2)15-22(24)29(21)18-8-6-5-7-9-18/h5-17H,1-4H3. The lowest BCUT2D eigenvalue weighted by Gasteiger charge is -2.21. The maximum atomic E-state index is 13.9. The summed E-state index contributed by atoms with van der Waals surface area (Å²) in [4.78, 5) is 0. The summed E-state index contributed by atoms with van der Waals surface area (Å²) in [5, 5.41) is 3.86. The highest BCUT2D eigenvalue weighted by Gasteiger charge is 2.21. The monoisotopic (exact) mass is 468 g/mol. The minimum absolute atomic E-state index is 0.290. The highest BCUT2D eigenvalue weighted by molar-refractivity contribution is 6.22. The van der Waals surface area contributed by atoms with Crippen molar-refractivity contribution >= 4 is 21.5 Å². The highest BCUT2D eigenvalue weighted by atomic mass is 19.1. The molecule has 0 atom stereocenters. The van der Waals surface area contributed by atoms with Crippen molar-refractivity contribution in [3.05, 3.63) is 84.7 Å². The summed E-state index contributed by atoms with van der Waals surface area (Å²) < 4.78 is 36.5. The van der Waals surface area contributed by atoms with Gasteiger partial charge in [0.05, 0.1) is 28.4 Å². The van der Waals surface area contributed by atoms with Gasteiger partial charge in [0.25, 0.3) is 0 Å². The molecule has 0 bridgehead atoms. The molecule has 176 valence electrons. The number of ether oxygens (including phenoxy) is 4. The molecule has 0 radical (unpaired) electrons. The molecule has 5 aromatic carbocycles. The van der Waals surface area contributed by atoms with Crippen molar-refractivity contribution in [3.63, 3.8) is 0 Å². The molecule has 5 rings (SSSR count). The third-order valence-electron chi connectivity index (χ3n) is 6.32. The second-order valence-electron chi connectivity index (χ2n) is 8.13. The Kier molecular flexibility index (Phi) is 5.91. The zero-order chi connectivity index (χ0) is 24.5. The van der Waals surface area contributed by atoms with Gasteiger partial charge in [0.15, 0.2) is 23.0 Å². The van der Waals surface area contributed by atoms with Gasteiger partial charge in [0.1, 0.15) is 5.82 Å². The van der Waals surface area contributed by atoms with E-state index in [2.05, 4.69) is 12.1 Å². The summed E-state index contributed by atoms with van der Waals surface area (Å²) in [7, 11) is 6.49. The van der Waals surface area contributed by atoms with E-state index in [1.165, 1.54) is 12.1 Å². The number of rotatable bonds is 6. The van der Waals surface area contributed by atoms with E-state index in [1.54, 1.807) is 40.6 Å². The molecule has 5 heteroatoms. The second-order valence-corrected chi connectivity index (χ2v) is 8.13. The molecule has 0 aliphatic rings. The van der Waals surface area contributed by atoms with Crippen LogP contribution in [-0.4, -0.2) is 28.4 Å². The molecule has 4 nitrogen and oxygen atoms in total. The van der Waals surface area contributed by atoms with E-state index in [9.17, 15) is 4.39 Å². The Morgan fingerprint density at radius 3 is 1.14 bits per heavy atom. The molecule has 5 aromatic rings. The van der Waals surface area contributed by atoms with Crippen LogP contribution in [0.3, 0.4) is 0 Å². The zero-order valence-corrected chi connectivity index (χ0v) is 20.0. The number of benzene rings is 5. The number of hydrogen-bond acceptors (Lipinski definition) is 4. The summed E-state index contributed by atoms with van der Waals surface area (Å²) in [6.45, 7) is 0. The maximum absolute atomic E-state index is 13.9. The molecule has 0 saturated carbocycles. The van der Waals surface area contributed by atoms with E-state index in [4.69, 9.17) is 18.9 Å². The normalized spacial score (nSPS) is 11.0. The lowest BCUT2D eigenvalue weighted by Crippen LogP contribution is -1.97. The molecule has 0 fully saturated rings. The lowest BCUT2D eigenvalue weighted by atomic mass is 9.85. The zero-order valence-electron chi connectivity index (χ0n) is 20.0. The van der Waals surface area contributed by atoms with Crippen LogP contribution in [0.1, 0.15) is 0 Å². The summed E-state index contributed by atoms with van der Waals surface area (Å²) >= 11 is 0. The van der Waals surface area contributed by atoms with Crippen molar-refractivity contribution < 1.29 is 23.3 Å². The first-order valence-corrected chi connectivity index (χ1v) is 11.2. The van der Waals surface area contributed by atoms with E-state index >= 15 is 0 Å². The fraction of sp³-hybridized carbons (Fsp3) is 0.133. The quantitative estimate of drug-likeness (QED) is 0.242. The Morgan fingerprint density at radius 2 is 0.800 bits per heavy atom. The molecule has 0 heterocycles. The van der Waals surface area contributed by atoms with Crippen LogP contribution in [-0.2, 0) is 0 Å². The number of halogens is 1. The molecule has 0 amide bonds. The second kappa shape index (κ2) is 9.18. The molecular formula is C30H25FO4. The van der Waals surface area contributed by atoms with Crippen LogP contribution in [0.2, 0.25) is 0 Å². The minimum atomic E-state index is -0.290. The van der Waals surface area contributed by atoms with Crippen LogP contribution < -0.4 is 18.9 Å². The summed E-state index contributed by atoms with van der Waals surface area (Å²) in [6, 6.07) is 24.7. The molecule has 0 aliphatic heterocycles. The molecule has 35 heavy (non-hydrogen) atoms. The average molecular weight is 469 g/mol. The van der Waals surface area contributed by atoms with Gasteiger partial charge < -0.3 is 18.9 Å². The van der Waals surface area contributed by atoms with E-state index in [-0.39, 0.29) is 5.82 Å². The third kappa shape index (κ3) is 3.79. The van der Waals surface area contributed by atoms with Gasteiger partial charge in [-0.3, -0.25) is 0 Å².